The van der Waals surface area contributed by atoms with Crippen molar-refractivity contribution in [1.29, 1.82) is 5.26 Å². The number of allylic oxidation sites excluding steroid dienone is 4. The standard InChI is InChI=1S/C16H9NO/c1-3-12-4-6-14-7-5-13(10-17)8-11(2)16(18)15(14)9-12/h1,4-9H,2H2/b7-5-,13-8+. The molecule has 0 aliphatic heterocycles. The first-order chi connectivity index (χ1) is 8.65. The van der Waals surface area contributed by atoms with Gasteiger partial charge in [-0.15, -0.1) is 6.42 Å². The van der Waals surface area contributed by atoms with Crippen molar-refractivity contribution in [2.75, 3.05) is 0 Å². The van der Waals surface area contributed by atoms with Crippen molar-refractivity contribution in [3.8, 4) is 18.4 Å². The Balaban J connectivity index is 2.66. The van der Waals surface area contributed by atoms with Crippen molar-refractivity contribution in [3.63, 3.8) is 0 Å². The maximum absolute atomic E-state index is 12.2. The van der Waals surface area contributed by atoms with Gasteiger partial charge in [0.05, 0.1) is 11.6 Å². The maximum Gasteiger partial charge on any atom is 0.193 e. The molecule has 0 bridgehead atoms. The van der Waals surface area contributed by atoms with E-state index >= 15 is 0 Å². The molecule has 0 fully saturated rings. The molecule has 0 heterocycles. The average Bonchev–Trinajstić information content (AvgIpc) is 2.40. The molecule has 2 nitrogen and oxygen atoms in total. The highest BCUT2D eigenvalue weighted by molar-refractivity contribution is 6.13. The number of ketones is 1. The molecule has 0 radical (unpaired) electrons. The summed E-state index contributed by atoms with van der Waals surface area (Å²) in [6.07, 6.45) is 10.2. The van der Waals surface area contributed by atoms with Gasteiger partial charge in [0.1, 0.15) is 0 Å². The van der Waals surface area contributed by atoms with Crippen molar-refractivity contribution in [1.82, 2.24) is 0 Å². The van der Waals surface area contributed by atoms with Crippen molar-refractivity contribution in [2.24, 2.45) is 0 Å². The molecule has 1 aromatic carbocycles. The molecular weight excluding hydrogens is 222 g/mol. The van der Waals surface area contributed by atoms with Gasteiger partial charge < -0.3 is 0 Å². The van der Waals surface area contributed by atoms with Gasteiger partial charge in [0.25, 0.3) is 0 Å². The Morgan fingerprint density at radius 2 is 2.06 bits per heavy atom. The van der Waals surface area contributed by atoms with Crippen molar-refractivity contribution in [2.45, 2.75) is 0 Å². The highest BCUT2D eigenvalue weighted by Gasteiger charge is 2.15. The molecule has 0 amide bonds. The number of fused-ring (bicyclic) bond motifs is 1. The minimum absolute atomic E-state index is 0.209. The number of hydrogen-bond donors (Lipinski definition) is 0. The normalized spacial score (nSPS) is 18.4. The van der Waals surface area contributed by atoms with Crippen LogP contribution >= 0.6 is 0 Å². The second-order valence-corrected chi connectivity index (χ2v) is 3.85. The molecule has 1 aliphatic carbocycles. The van der Waals surface area contributed by atoms with Gasteiger partial charge in [-0.3, -0.25) is 4.79 Å². The van der Waals surface area contributed by atoms with Crippen LogP contribution in [0.25, 0.3) is 6.08 Å². The number of hydrogen-bond acceptors (Lipinski definition) is 2. The van der Waals surface area contributed by atoms with Crippen LogP contribution in [0.4, 0.5) is 0 Å². The van der Waals surface area contributed by atoms with Crippen LogP contribution < -0.4 is 0 Å². The molecule has 84 valence electrons. The SMILES string of the molecule is C#Cc1ccc2c(c1)C(=O)C(=C)/C=C(C#N)\C=C/2. The fourth-order valence-electron chi connectivity index (χ4n) is 1.71. The highest BCUT2D eigenvalue weighted by atomic mass is 16.1. The van der Waals surface area contributed by atoms with Crippen LogP contribution in [0.15, 0.2) is 48.1 Å². The first kappa shape index (κ1) is 11.6. The minimum atomic E-state index is -0.209. The van der Waals surface area contributed by atoms with E-state index in [-0.39, 0.29) is 11.4 Å². The van der Waals surface area contributed by atoms with Crippen LogP contribution in [0.3, 0.4) is 0 Å². The molecule has 1 aromatic rings. The van der Waals surface area contributed by atoms with Crippen LogP contribution in [0, 0.1) is 23.7 Å². The fraction of sp³-hybridized carbons (Fsp3) is 0. The predicted octanol–water partition coefficient (Wildman–Crippen LogP) is 2.88. The van der Waals surface area contributed by atoms with Crippen LogP contribution in [0.1, 0.15) is 21.5 Å². The lowest BCUT2D eigenvalue weighted by Crippen LogP contribution is -2.05. The Morgan fingerprint density at radius 1 is 1.28 bits per heavy atom. The number of rotatable bonds is 0. The molecule has 0 N–H and O–H groups in total. The Morgan fingerprint density at radius 3 is 2.72 bits per heavy atom. The summed E-state index contributed by atoms with van der Waals surface area (Å²) >= 11 is 0. The van der Waals surface area contributed by atoms with Crippen LogP contribution in [0.5, 0.6) is 0 Å². The summed E-state index contributed by atoms with van der Waals surface area (Å²) < 4.78 is 0. The summed E-state index contributed by atoms with van der Waals surface area (Å²) in [5.74, 6) is 2.29. The zero-order valence-corrected chi connectivity index (χ0v) is 9.60. The van der Waals surface area contributed by atoms with Crippen molar-refractivity contribution in [3.05, 3.63) is 64.8 Å². The number of Topliss-reactive ketones (excluding diaryl/α,β-unsaturated/α-hetero) is 1. The van der Waals surface area contributed by atoms with Gasteiger partial charge >= 0.3 is 0 Å². The van der Waals surface area contributed by atoms with E-state index < -0.39 is 0 Å². The maximum atomic E-state index is 12.2. The Bertz CT molecular complexity index is 691. The first-order valence-electron chi connectivity index (χ1n) is 5.30. The summed E-state index contributed by atoms with van der Waals surface area (Å²) in [5.41, 5.74) is 2.58. The third kappa shape index (κ3) is 2.00. The first-order valence-corrected chi connectivity index (χ1v) is 5.30. The van der Waals surface area contributed by atoms with E-state index in [1.165, 1.54) is 6.08 Å². The van der Waals surface area contributed by atoms with Crippen molar-refractivity contribution >= 4 is 11.9 Å². The van der Waals surface area contributed by atoms with E-state index in [0.29, 0.717) is 16.7 Å². The zero-order chi connectivity index (χ0) is 13.1. The van der Waals surface area contributed by atoms with Crippen LogP contribution in [0.2, 0.25) is 0 Å². The number of carbonyl (C=O) groups excluding carboxylic acids is 1. The topological polar surface area (TPSA) is 40.9 Å². The Kier molecular flexibility index (Phi) is 2.96. The van der Waals surface area contributed by atoms with Crippen LogP contribution in [-0.2, 0) is 0 Å². The van der Waals surface area contributed by atoms with Gasteiger partial charge in [0, 0.05) is 16.7 Å². The molecule has 0 saturated heterocycles. The number of carbonyl (C=O) groups is 1. The van der Waals surface area contributed by atoms with E-state index in [9.17, 15) is 4.79 Å². The Labute approximate surface area is 106 Å². The fourth-order valence-corrected chi connectivity index (χ4v) is 1.71. The molecule has 0 unspecified atom stereocenters. The van der Waals surface area contributed by atoms with Gasteiger partial charge in [-0.1, -0.05) is 24.6 Å². The molecule has 2 rings (SSSR count). The van der Waals surface area contributed by atoms with Gasteiger partial charge in [0.15, 0.2) is 5.78 Å². The minimum Gasteiger partial charge on any atom is -0.289 e. The van der Waals surface area contributed by atoms with E-state index in [2.05, 4.69) is 12.5 Å². The number of nitrogens with zero attached hydrogens (tertiary/aromatic N) is 1. The largest absolute Gasteiger partial charge is 0.289 e. The lowest BCUT2D eigenvalue weighted by molar-refractivity contribution is 0.103. The summed E-state index contributed by atoms with van der Waals surface area (Å²) in [6.45, 7) is 3.69. The number of terminal acetylenes is 1. The summed E-state index contributed by atoms with van der Waals surface area (Å²) in [7, 11) is 0. The smallest absolute Gasteiger partial charge is 0.193 e. The molecule has 0 saturated carbocycles. The summed E-state index contributed by atoms with van der Waals surface area (Å²) in [6, 6.07) is 7.20. The van der Waals surface area contributed by atoms with Gasteiger partial charge in [0.2, 0.25) is 0 Å². The highest BCUT2D eigenvalue weighted by Crippen LogP contribution is 2.21. The zero-order valence-electron chi connectivity index (χ0n) is 9.60. The molecular formula is C16H9NO. The molecule has 0 atom stereocenters. The average molecular weight is 231 g/mol. The van der Waals surface area contributed by atoms with E-state index in [1.54, 1.807) is 30.4 Å². The van der Waals surface area contributed by atoms with E-state index in [0.717, 1.165) is 5.56 Å². The lowest BCUT2D eigenvalue weighted by Gasteiger charge is -2.09. The Hall–Kier alpha value is -2.84. The molecule has 1 aliphatic rings. The quantitative estimate of drug-likeness (QED) is 0.509. The number of nitriles is 1. The summed E-state index contributed by atoms with van der Waals surface area (Å²) in [4.78, 5) is 12.2. The second-order valence-electron chi connectivity index (χ2n) is 3.85. The van der Waals surface area contributed by atoms with Gasteiger partial charge in [-0.25, -0.2) is 0 Å². The lowest BCUT2D eigenvalue weighted by atomic mass is 9.93. The van der Waals surface area contributed by atoms with E-state index in [1.807, 2.05) is 6.07 Å². The van der Waals surface area contributed by atoms with Crippen molar-refractivity contribution < 1.29 is 4.79 Å². The second kappa shape index (κ2) is 4.57. The van der Waals surface area contributed by atoms with Gasteiger partial charge in [-0.05, 0) is 29.8 Å². The monoisotopic (exact) mass is 231 g/mol. The third-order valence-electron chi connectivity index (χ3n) is 2.66. The molecule has 18 heavy (non-hydrogen) atoms. The van der Waals surface area contributed by atoms with Gasteiger partial charge in [-0.2, -0.15) is 5.26 Å². The molecule has 0 spiro atoms. The molecule has 0 aromatic heterocycles. The van der Waals surface area contributed by atoms with E-state index in [4.69, 9.17) is 11.7 Å². The predicted molar refractivity (Wildman–Crippen MR) is 70.6 cm³/mol. The molecule has 2 heteroatoms. The third-order valence-corrected chi connectivity index (χ3v) is 2.66. The van der Waals surface area contributed by atoms with Crippen LogP contribution in [-0.4, -0.2) is 5.78 Å². The summed E-state index contributed by atoms with van der Waals surface area (Å²) in [5, 5.41) is 8.89. The number of benzene rings is 1.